The summed E-state index contributed by atoms with van der Waals surface area (Å²) in [6.45, 7) is 3.53. The smallest absolute Gasteiger partial charge is 0.344 e. The number of phenolic OH excluding ortho intramolecular Hbond substituents is 1. The van der Waals surface area contributed by atoms with Gasteiger partial charge in [-0.05, 0) is 62.7 Å². The van der Waals surface area contributed by atoms with Crippen LogP contribution < -0.4 is 11.3 Å². The SMILES string of the molecule is CC1CCCCN1Cc1c(O)ccc2c(-c3cc4cc(Cl)ccc4oc3=O)cc(=O)oc12. The van der Waals surface area contributed by atoms with E-state index >= 15 is 0 Å². The monoisotopic (exact) mass is 451 g/mol. The molecule has 0 spiro atoms. The average Bonchev–Trinajstić information content (AvgIpc) is 2.76. The van der Waals surface area contributed by atoms with Crippen molar-refractivity contribution in [1.82, 2.24) is 4.90 Å². The summed E-state index contributed by atoms with van der Waals surface area (Å²) in [5.41, 5.74) is 0.718. The number of fused-ring (bicyclic) bond motifs is 2. The molecule has 1 atom stereocenters. The van der Waals surface area contributed by atoms with Crippen molar-refractivity contribution in [1.29, 1.82) is 0 Å². The summed E-state index contributed by atoms with van der Waals surface area (Å²) in [6.07, 6.45) is 3.35. The van der Waals surface area contributed by atoms with Gasteiger partial charge in [-0.15, -0.1) is 0 Å². The molecule has 164 valence electrons. The van der Waals surface area contributed by atoms with E-state index in [1.165, 1.54) is 12.5 Å². The van der Waals surface area contributed by atoms with Gasteiger partial charge in [0.1, 0.15) is 16.9 Å². The molecule has 0 radical (unpaired) electrons. The lowest BCUT2D eigenvalue weighted by molar-refractivity contribution is 0.151. The summed E-state index contributed by atoms with van der Waals surface area (Å²) in [5.74, 6) is 0.0629. The minimum Gasteiger partial charge on any atom is -0.507 e. The van der Waals surface area contributed by atoms with Crippen LogP contribution in [-0.2, 0) is 6.54 Å². The Kier molecular flexibility index (Phi) is 5.27. The normalized spacial score (nSPS) is 17.2. The maximum Gasteiger partial charge on any atom is 0.344 e. The van der Waals surface area contributed by atoms with Gasteiger partial charge in [-0.2, -0.15) is 0 Å². The second-order valence-corrected chi connectivity index (χ2v) is 8.80. The Bertz CT molecular complexity index is 1450. The molecule has 32 heavy (non-hydrogen) atoms. The Morgan fingerprint density at radius 1 is 1.06 bits per heavy atom. The van der Waals surface area contributed by atoms with Crippen molar-refractivity contribution in [3.63, 3.8) is 0 Å². The third-order valence-corrected chi connectivity index (χ3v) is 6.51. The Hall–Kier alpha value is -3.09. The molecule has 4 aromatic rings. The van der Waals surface area contributed by atoms with Crippen molar-refractivity contribution in [2.75, 3.05) is 6.54 Å². The lowest BCUT2D eigenvalue weighted by Crippen LogP contribution is -2.36. The molecule has 1 fully saturated rings. The predicted molar refractivity (Wildman–Crippen MR) is 124 cm³/mol. The highest BCUT2D eigenvalue weighted by molar-refractivity contribution is 6.31. The summed E-state index contributed by atoms with van der Waals surface area (Å²) in [6, 6.07) is 11.5. The quantitative estimate of drug-likeness (QED) is 0.425. The van der Waals surface area contributed by atoms with Crippen LogP contribution in [0.25, 0.3) is 33.1 Å². The number of benzene rings is 2. The van der Waals surface area contributed by atoms with E-state index in [2.05, 4.69) is 11.8 Å². The summed E-state index contributed by atoms with van der Waals surface area (Å²) in [4.78, 5) is 27.6. The summed E-state index contributed by atoms with van der Waals surface area (Å²) in [7, 11) is 0. The molecule has 1 unspecified atom stereocenters. The van der Waals surface area contributed by atoms with Crippen LogP contribution in [0.1, 0.15) is 31.7 Å². The van der Waals surface area contributed by atoms with Crippen molar-refractivity contribution < 1.29 is 13.9 Å². The maximum atomic E-state index is 12.8. The fourth-order valence-electron chi connectivity index (χ4n) is 4.53. The van der Waals surface area contributed by atoms with Crippen LogP contribution in [-0.4, -0.2) is 22.6 Å². The van der Waals surface area contributed by atoms with E-state index in [0.717, 1.165) is 19.4 Å². The van der Waals surface area contributed by atoms with Crippen LogP contribution in [0.15, 0.2) is 60.9 Å². The van der Waals surface area contributed by atoms with E-state index in [4.69, 9.17) is 20.4 Å². The standard InChI is InChI=1S/C25H22ClNO5/c1-14-4-2-3-9-27(14)13-20-21(28)7-6-17-18(12-23(29)32-24(17)20)19-11-15-10-16(26)5-8-22(15)31-25(19)30/h5-8,10-12,14,28H,2-4,9,13H2,1H3. The van der Waals surface area contributed by atoms with E-state index < -0.39 is 11.3 Å². The van der Waals surface area contributed by atoms with E-state index in [1.54, 1.807) is 36.4 Å². The molecule has 5 rings (SSSR count). The van der Waals surface area contributed by atoms with Gasteiger partial charge >= 0.3 is 11.3 Å². The predicted octanol–water partition coefficient (Wildman–Crippen LogP) is 5.30. The molecule has 0 amide bonds. The van der Waals surface area contributed by atoms with Crippen molar-refractivity contribution in [3.05, 3.63) is 73.9 Å². The van der Waals surface area contributed by atoms with Crippen LogP contribution in [0.2, 0.25) is 5.02 Å². The number of rotatable bonds is 3. The van der Waals surface area contributed by atoms with Gasteiger partial charge in [0.05, 0.1) is 11.1 Å². The first kappa shape index (κ1) is 20.8. The van der Waals surface area contributed by atoms with Crippen molar-refractivity contribution in [2.24, 2.45) is 0 Å². The Morgan fingerprint density at radius 2 is 1.91 bits per heavy atom. The molecule has 0 bridgehead atoms. The number of hydrogen-bond donors (Lipinski definition) is 1. The molecule has 1 saturated heterocycles. The van der Waals surface area contributed by atoms with Crippen molar-refractivity contribution in [3.8, 4) is 16.9 Å². The lowest BCUT2D eigenvalue weighted by atomic mass is 9.98. The second-order valence-electron chi connectivity index (χ2n) is 8.36. The van der Waals surface area contributed by atoms with Gasteiger partial charge in [0.25, 0.3) is 0 Å². The van der Waals surface area contributed by atoms with Crippen molar-refractivity contribution in [2.45, 2.75) is 38.8 Å². The first-order chi connectivity index (χ1) is 15.4. The minimum atomic E-state index is -0.600. The van der Waals surface area contributed by atoms with Crippen LogP contribution in [0.4, 0.5) is 0 Å². The third-order valence-electron chi connectivity index (χ3n) is 6.28. The third kappa shape index (κ3) is 3.70. The lowest BCUT2D eigenvalue weighted by Gasteiger charge is -2.33. The molecule has 1 aliphatic rings. The average molecular weight is 452 g/mol. The molecule has 6 nitrogen and oxygen atoms in total. The van der Waals surface area contributed by atoms with Gasteiger partial charge in [-0.25, -0.2) is 9.59 Å². The highest BCUT2D eigenvalue weighted by Crippen LogP contribution is 2.35. The zero-order chi connectivity index (χ0) is 22.4. The molecule has 2 aromatic heterocycles. The van der Waals surface area contributed by atoms with Crippen LogP contribution in [0.5, 0.6) is 5.75 Å². The number of nitrogens with zero attached hydrogens (tertiary/aromatic N) is 1. The van der Waals surface area contributed by atoms with Crippen LogP contribution in [0, 0.1) is 0 Å². The van der Waals surface area contributed by atoms with Gasteiger partial charge in [-0.1, -0.05) is 18.0 Å². The number of likely N-dealkylation sites (tertiary alicyclic amines) is 1. The second kappa shape index (κ2) is 8.11. The molecule has 1 aliphatic heterocycles. The summed E-state index contributed by atoms with van der Waals surface area (Å²) >= 11 is 6.10. The molecule has 1 N–H and O–H groups in total. The fourth-order valence-corrected chi connectivity index (χ4v) is 4.71. The van der Waals surface area contributed by atoms with Gasteiger partial charge in [0, 0.05) is 40.0 Å². The van der Waals surface area contributed by atoms with E-state index in [0.29, 0.717) is 45.1 Å². The van der Waals surface area contributed by atoms with Crippen molar-refractivity contribution >= 4 is 33.5 Å². The topological polar surface area (TPSA) is 83.9 Å². The van der Waals surface area contributed by atoms with Gasteiger partial charge in [0.2, 0.25) is 0 Å². The van der Waals surface area contributed by atoms with Crippen LogP contribution in [0.3, 0.4) is 0 Å². The fraction of sp³-hybridized carbons (Fsp3) is 0.280. The van der Waals surface area contributed by atoms with E-state index in [-0.39, 0.29) is 16.9 Å². The Morgan fingerprint density at radius 3 is 2.72 bits per heavy atom. The Balaban J connectivity index is 1.72. The number of aromatic hydroxyl groups is 1. The molecule has 2 aromatic carbocycles. The van der Waals surface area contributed by atoms with Crippen LogP contribution >= 0.6 is 11.6 Å². The van der Waals surface area contributed by atoms with E-state index in [9.17, 15) is 14.7 Å². The van der Waals surface area contributed by atoms with Gasteiger partial charge in [0.15, 0.2) is 0 Å². The number of piperidine rings is 1. The molecule has 0 aliphatic carbocycles. The zero-order valence-electron chi connectivity index (χ0n) is 17.6. The zero-order valence-corrected chi connectivity index (χ0v) is 18.3. The molecule has 0 saturated carbocycles. The Labute approximate surface area is 188 Å². The minimum absolute atomic E-state index is 0.0629. The largest absolute Gasteiger partial charge is 0.507 e. The first-order valence-corrected chi connectivity index (χ1v) is 11.0. The summed E-state index contributed by atoms with van der Waals surface area (Å²) < 4.78 is 11.0. The highest BCUT2D eigenvalue weighted by Gasteiger charge is 2.23. The van der Waals surface area contributed by atoms with E-state index in [1.807, 2.05) is 0 Å². The van der Waals surface area contributed by atoms with Gasteiger partial charge in [-0.3, -0.25) is 4.90 Å². The molecule has 3 heterocycles. The first-order valence-electron chi connectivity index (χ1n) is 10.7. The number of phenols is 1. The highest BCUT2D eigenvalue weighted by atomic mass is 35.5. The maximum absolute atomic E-state index is 12.8. The molecule has 7 heteroatoms. The number of halogens is 1. The molecular formula is C25H22ClNO5. The number of hydrogen-bond acceptors (Lipinski definition) is 6. The summed E-state index contributed by atoms with van der Waals surface area (Å²) in [5, 5.41) is 12.3. The molecular weight excluding hydrogens is 430 g/mol. The van der Waals surface area contributed by atoms with Gasteiger partial charge < -0.3 is 13.9 Å².